The molecule has 0 saturated carbocycles. The summed E-state index contributed by atoms with van der Waals surface area (Å²) in [6.45, 7) is 5.27. The molecule has 0 bridgehead atoms. The number of nitrogens with zero attached hydrogens (tertiary/aromatic N) is 2. The zero-order valence-corrected chi connectivity index (χ0v) is 20.4. The summed E-state index contributed by atoms with van der Waals surface area (Å²) in [4.78, 5) is 28.4. The maximum absolute atomic E-state index is 14.2. The number of aliphatic hydroxyl groups is 1. The summed E-state index contributed by atoms with van der Waals surface area (Å²) < 4.78 is 42.6. The van der Waals surface area contributed by atoms with Crippen LogP contribution >= 0.6 is 34.8 Å². The predicted molar refractivity (Wildman–Crippen MR) is 125 cm³/mol. The number of fused-ring (bicyclic) bond motifs is 1. The Bertz CT molecular complexity index is 1160. The molecule has 0 radical (unpaired) electrons. The standard InChI is InChI=1S/C22H21Cl3F3N3O3/c1-3-30(4-2)7-8-31-15-10-11(19(29)32)9-13(22(26,27)28)16(15)21(34,20(31)33)12-5-6-14(23)18(25)17(12)24/h5-6,9-10,34H,3-4,7-8H2,1-2H3,(H2,29,32). The molecule has 1 atom stereocenters. The highest BCUT2D eigenvalue weighted by atomic mass is 35.5. The highest BCUT2D eigenvalue weighted by Crippen LogP contribution is 2.53. The van der Waals surface area contributed by atoms with E-state index in [9.17, 15) is 27.9 Å². The smallest absolute Gasteiger partial charge is 0.372 e. The summed E-state index contributed by atoms with van der Waals surface area (Å²) in [7, 11) is 0. The minimum absolute atomic E-state index is 0.0109. The molecule has 0 aromatic heterocycles. The quantitative estimate of drug-likeness (QED) is 0.501. The van der Waals surface area contributed by atoms with Crippen molar-refractivity contribution in [3.05, 3.63) is 61.6 Å². The van der Waals surface area contributed by atoms with Crippen LogP contribution in [0.4, 0.5) is 18.9 Å². The van der Waals surface area contributed by atoms with Gasteiger partial charge in [0.1, 0.15) is 0 Å². The van der Waals surface area contributed by atoms with Crippen molar-refractivity contribution >= 4 is 52.3 Å². The van der Waals surface area contributed by atoms with Gasteiger partial charge in [-0.15, -0.1) is 0 Å². The van der Waals surface area contributed by atoms with Gasteiger partial charge in [-0.2, -0.15) is 13.2 Å². The molecule has 34 heavy (non-hydrogen) atoms. The Kier molecular flexibility index (Phi) is 7.46. The molecule has 0 aliphatic carbocycles. The van der Waals surface area contributed by atoms with Crippen molar-refractivity contribution in [2.75, 3.05) is 31.1 Å². The van der Waals surface area contributed by atoms with Crippen LogP contribution in [-0.2, 0) is 16.6 Å². The van der Waals surface area contributed by atoms with Crippen LogP contribution in [0.5, 0.6) is 0 Å². The van der Waals surface area contributed by atoms with Gasteiger partial charge in [-0.3, -0.25) is 9.59 Å². The fourth-order valence-electron chi connectivity index (χ4n) is 4.06. The van der Waals surface area contributed by atoms with Crippen molar-refractivity contribution < 1.29 is 27.9 Å². The van der Waals surface area contributed by atoms with Crippen molar-refractivity contribution in [1.82, 2.24) is 4.90 Å². The van der Waals surface area contributed by atoms with E-state index in [4.69, 9.17) is 40.5 Å². The van der Waals surface area contributed by atoms with Crippen LogP contribution < -0.4 is 10.6 Å². The maximum atomic E-state index is 14.2. The van der Waals surface area contributed by atoms with Crippen LogP contribution in [0.3, 0.4) is 0 Å². The largest absolute Gasteiger partial charge is 0.416 e. The molecule has 3 rings (SSSR count). The first-order valence-electron chi connectivity index (χ1n) is 10.2. The Morgan fingerprint density at radius 1 is 1.15 bits per heavy atom. The summed E-state index contributed by atoms with van der Waals surface area (Å²) in [6, 6.07) is 3.95. The number of rotatable bonds is 7. The molecule has 2 amide bonds. The van der Waals surface area contributed by atoms with Crippen LogP contribution in [0.25, 0.3) is 0 Å². The zero-order valence-electron chi connectivity index (χ0n) is 18.1. The lowest BCUT2D eigenvalue weighted by molar-refractivity contribution is -0.142. The van der Waals surface area contributed by atoms with Gasteiger partial charge in [0.25, 0.3) is 5.91 Å². The van der Waals surface area contributed by atoms with Crippen molar-refractivity contribution in [3.8, 4) is 0 Å². The van der Waals surface area contributed by atoms with E-state index in [2.05, 4.69) is 0 Å². The van der Waals surface area contributed by atoms with Gasteiger partial charge in [-0.25, -0.2) is 0 Å². The number of hydrogen-bond acceptors (Lipinski definition) is 4. The lowest BCUT2D eigenvalue weighted by Crippen LogP contribution is -2.44. The number of amides is 2. The van der Waals surface area contributed by atoms with Gasteiger partial charge in [0, 0.05) is 29.8 Å². The third-order valence-electron chi connectivity index (χ3n) is 5.87. The number of likely N-dealkylation sites (N-methyl/N-ethyl adjacent to an activating group) is 1. The minimum atomic E-state index is -5.04. The van der Waals surface area contributed by atoms with Crippen LogP contribution in [0.15, 0.2) is 24.3 Å². The maximum Gasteiger partial charge on any atom is 0.416 e. The Morgan fingerprint density at radius 3 is 2.29 bits per heavy atom. The molecule has 12 heteroatoms. The number of carbonyl (C=O) groups is 2. The number of nitrogens with two attached hydrogens (primary N) is 1. The number of primary amides is 1. The highest BCUT2D eigenvalue weighted by molar-refractivity contribution is 6.48. The van der Waals surface area contributed by atoms with E-state index < -0.39 is 40.3 Å². The van der Waals surface area contributed by atoms with Crippen molar-refractivity contribution in [3.63, 3.8) is 0 Å². The first-order valence-corrected chi connectivity index (χ1v) is 11.4. The van der Waals surface area contributed by atoms with Gasteiger partial charge in [-0.05, 0) is 31.3 Å². The average molecular weight is 539 g/mol. The average Bonchev–Trinajstić information content (AvgIpc) is 2.99. The second-order valence-electron chi connectivity index (χ2n) is 7.70. The number of alkyl halides is 3. The van der Waals surface area contributed by atoms with Gasteiger partial charge >= 0.3 is 6.18 Å². The SMILES string of the molecule is CCN(CC)CCN1C(=O)C(O)(c2ccc(Cl)c(Cl)c2Cl)c2c1cc(C(N)=O)cc2C(F)(F)F. The van der Waals surface area contributed by atoms with Crippen LogP contribution in [-0.4, -0.2) is 48.0 Å². The lowest BCUT2D eigenvalue weighted by atomic mass is 9.83. The first-order chi connectivity index (χ1) is 15.8. The molecule has 1 aliphatic heterocycles. The lowest BCUT2D eigenvalue weighted by Gasteiger charge is -2.27. The van der Waals surface area contributed by atoms with Gasteiger partial charge < -0.3 is 20.6 Å². The summed E-state index contributed by atoms with van der Waals surface area (Å²) in [6.07, 6.45) is -5.04. The second-order valence-corrected chi connectivity index (χ2v) is 8.86. The first kappa shape index (κ1) is 26.6. The minimum Gasteiger partial charge on any atom is -0.372 e. The van der Waals surface area contributed by atoms with Gasteiger partial charge in [0.15, 0.2) is 5.60 Å². The number of hydrogen-bond donors (Lipinski definition) is 2. The molecule has 3 N–H and O–H groups in total. The fourth-order valence-corrected chi connectivity index (χ4v) is 4.73. The van der Waals surface area contributed by atoms with E-state index in [1.807, 2.05) is 18.7 Å². The summed E-state index contributed by atoms with van der Waals surface area (Å²) in [5.74, 6) is -2.19. The van der Waals surface area contributed by atoms with E-state index in [0.717, 1.165) is 17.0 Å². The van der Waals surface area contributed by atoms with Crippen LogP contribution in [0, 0.1) is 0 Å². The fraction of sp³-hybridized carbons (Fsp3) is 0.364. The molecule has 0 fully saturated rings. The third-order valence-corrected chi connectivity index (χ3v) is 7.17. The second kappa shape index (κ2) is 9.54. The molecule has 6 nitrogen and oxygen atoms in total. The van der Waals surface area contributed by atoms with Crippen LogP contribution in [0.2, 0.25) is 15.1 Å². The monoisotopic (exact) mass is 537 g/mol. The number of halogens is 6. The summed E-state index contributed by atoms with van der Waals surface area (Å²) >= 11 is 18.3. The van der Waals surface area contributed by atoms with Gasteiger partial charge in [0.2, 0.25) is 5.91 Å². The molecule has 1 heterocycles. The number of benzene rings is 2. The Morgan fingerprint density at radius 2 is 1.76 bits per heavy atom. The number of anilines is 1. The molecular weight excluding hydrogens is 518 g/mol. The molecule has 0 spiro atoms. The van der Waals surface area contributed by atoms with E-state index in [-0.39, 0.29) is 32.9 Å². The molecule has 2 aromatic rings. The topological polar surface area (TPSA) is 86.9 Å². The molecule has 1 unspecified atom stereocenters. The third kappa shape index (κ3) is 4.35. The Balaban J connectivity index is 2.36. The number of carbonyl (C=O) groups excluding carboxylic acids is 2. The van der Waals surface area contributed by atoms with E-state index in [1.54, 1.807) is 0 Å². The van der Waals surface area contributed by atoms with Gasteiger partial charge in [-0.1, -0.05) is 54.7 Å². The predicted octanol–water partition coefficient (Wildman–Crippen LogP) is 4.69. The molecular formula is C22H21Cl3F3N3O3. The normalized spacial score (nSPS) is 18.1. The van der Waals surface area contributed by atoms with E-state index in [0.29, 0.717) is 25.7 Å². The Hall–Kier alpha value is -2.04. The van der Waals surface area contributed by atoms with E-state index >= 15 is 0 Å². The van der Waals surface area contributed by atoms with Crippen LogP contribution in [0.1, 0.15) is 40.9 Å². The van der Waals surface area contributed by atoms with Crippen molar-refractivity contribution in [1.29, 1.82) is 0 Å². The molecule has 2 aromatic carbocycles. The highest BCUT2D eigenvalue weighted by Gasteiger charge is 2.56. The van der Waals surface area contributed by atoms with Crippen molar-refractivity contribution in [2.45, 2.75) is 25.6 Å². The van der Waals surface area contributed by atoms with Gasteiger partial charge in [0.05, 0.1) is 26.3 Å². The zero-order chi connectivity index (χ0) is 25.6. The van der Waals surface area contributed by atoms with E-state index in [1.165, 1.54) is 6.07 Å². The molecule has 184 valence electrons. The molecule has 0 saturated heterocycles. The molecule has 1 aliphatic rings. The summed E-state index contributed by atoms with van der Waals surface area (Å²) in [5.41, 5.74) is -0.825. The Labute approximate surface area is 209 Å². The summed E-state index contributed by atoms with van der Waals surface area (Å²) in [5, 5.41) is 11.1. The van der Waals surface area contributed by atoms with Crippen molar-refractivity contribution in [2.24, 2.45) is 5.73 Å².